The van der Waals surface area contributed by atoms with Crippen molar-refractivity contribution in [3.63, 3.8) is 0 Å². The number of fused-ring (bicyclic) bond motifs is 1. The van der Waals surface area contributed by atoms with Crippen LogP contribution in [0.15, 0.2) is 6.07 Å². The van der Waals surface area contributed by atoms with Crippen LogP contribution in [0.1, 0.15) is 21.5 Å². The normalized spacial score (nSPS) is 13.4. The zero-order valence-corrected chi connectivity index (χ0v) is 8.92. The summed E-state index contributed by atoms with van der Waals surface area (Å²) in [5.74, 6) is 0.895. The van der Waals surface area contributed by atoms with Crippen molar-refractivity contribution in [3.8, 4) is 11.5 Å². The van der Waals surface area contributed by atoms with E-state index in [1.807, 2.05) is 6.92 Å². The quantitative estimate of drug-likeness (QED) is 0.694. The molecule has 0 atom stereocenters. The lowest BCUT2D eigenvalue weighted by atomic mass is 10.0. The van der Waals surface area contributed by atoms with Gasteiger partial charge in [-0.05, 0) is 12.5 Å². The van der Waals surface area contributed by atoms with Gasteiger partial charge in [0, 0.05) is 11.6 Å². The third kappa shape index (κ3) is 1.33. The molecule has 0 bridgehead atoms. The minimum Gasteiger partial charge on any atom is -0.496 e. The highest BCUT2D eigenvalue weighted by molar-refractivity contribution is 5.97. The fourth-order valence-electron chi connectivity index (χ4n) is 1.77. The third-order valence-corrected chi connectivity index (χ3v) is 2.62. The number of hydrogen-bond acceptors (Lipinski definition) is 4. The van der Waals surface area contributed by atoms with E-state index in [0.29, 0.717) is 23.7 Å². The monoisotopic (exact) mass is 208 g/mol. The SMILES string of the molecule is COc1cc(OC)c2c(c1C)COC2=O. The van der Waals surface area contributed by atoms with E-state index in [4.69, 9.17) is 14.2 Å². The van der Waals surface area contributed by atoms with Crippen molar-refractivity contribution in [2.24, 2.45) is 0 Å². The second kappa shape index (κ2) is 3.46. The Morgan fingerprint density at radius 1 is 1.27 bits per heavy atom. The average Bonchev–Trinajstić information content (AvgIpc) is 2.63. The van der Waals surface area contributed by atoms with Crippen LogP contribution in [0.25, 0.3) is 0 Å². The molecule has 4 nitrogen and oxygen atoms in total. The topological polar surface area (TPSA) is 44.8 Å². The molecule has 2 rings (SSSR count). The number of rotatable bonds is 2. The van der Waals surface area contributed by atoms with Gasteiger partial charge in [0.15, 0.2) is 0 Å². The Hall–Kier alpha value is -1.71. The summed E-state index contributed by atoms with van der Waals surface area (Å²) in [6.45, 7) is 2.20. The van der Waals surface area contributed by atoms with Crippen LogP contribution in [0, 0.1) is 6.92 Å². The van der Waals surface area contributed by atoms with Crippen LogP contribution < -0.4 is 9.47 Å². The minimum atomic E-state index is -0.326. The second-order valence-electron chi connectivity index (χ2n) is 3.34. The second-order valence-corrected chi connectivity index (χ2v) is 3.34. The fourth-order valence-corrected chi connectivity index (χ4v) is 1.77. The molecular weight excluding hydrogens is 196 g/mol. The molecule has 1 heterocycles. The molecule has 0 unspecified atom stereocenters. The van der Waals surface area contributed by atoms with Crippen molar-refractivity contribution in [2.45, 2.75) is 13.5 Å². The lowest BCUT2D eigenvalue weighted by Gasteiger charge is -2.11. The number of benzene rings is 1. The average molecular weight is 208 g/mol. The number of carbonyl (C=O) groups excluding carboxylic acids is 1. The molecule has 0 fully saturated rings. The van der Waals surface area contributed by atoms with Crippen LogP contribution in [0.2, 0.25) is 0 Å². The summed E-state index contributed by atoms with van der Waals surface area (Å²) in [4.78, 5) is 11.5. The van der Waals surface area contributed by atoms with E-state index in [0.717, 1.165) is 11.1 Å². The Labute approximate surface area is 87.8 Å². The summed E-state index contributed by atoms with van der Waals surface area (Å²) in [6, 6.07) is 1.71. The maximum atomic E-state index is 11.5. The van der Waals surface area contributed by atoms with E-state index in [-0.39, 0.29) is 5.97 Å². The Morgan fingerprint density at radius 3 is 2.53 bits per heavy atom. The van der Waals surface area contributed by atoms with Crippen LogP contribution in [0.5, 0.6) is 11.5 Å². The lowest BCUT2D eigenvalue weighted by molar-refractivity contribution is 0.0532. The summed E-state index contributed by atoms with van der Waals surface area (Å²) in [6.07, 6.45) is 0. The van der Waals surface area contributed by atoms with Crippen LogP contribution in [-0.2, 0) is 11.3 Å². The highest BCUT2D eigenvalue weighted by atomic mass is 16.5. The number of esters is 1. The molecule has 1 aliphatic heterocycles. The zero-order chi connectivity index (χ0) is 11.0. The summed E-state index contributed by atoms with van der Waals surface area (Å²) in [7, 11) is 3.11. The summed E-state index contributed by atoms with van der Waals surface area (Å²) < 4.78 is 15.3. The van der Waals surface area contributed by atoms with Gasteiger partial charge >= 0.3 is 5.97 Å². The molecule has 0 spiro atoms. The first-order valence-electron chi connectivity index (χ1n) is 4.60. The highest BCUT2D eigenvalue weighted by Gasteiger charge is 2.29. The van der Waals surface area contributed by atoms with Gasteiger partial charge in [-0.3, -0.25) is 0 Å². The fraction of sp³-hybridized carbons (Fsp3) is 0.364. The Bertz CT molecular complexity index is 423. The molecule has 80 valence electrons. The van der Waals surface area contributed by atoms with Gasteiger partial charge in [0.1, 0.15) is 23.7 Å². The molecule has 0 aliphatic carbocycles. The Morgan fingerprint density at radius 2 is 1.93 bits per heavy atom. The van der Waals surface area contributed by atoms with Crippen LogP contribution in [0.4, 0.5) is 0 Å². The standard InChI is InChI=1S/C11H12O4/c1-6-7-5-15-11(12)10(7)9(14-3)4-8(6)13-2/h4H,5H2,1-3H3. The van der Waals surface area contributed by atoms with Gasteiger partial charge in [-0.2, -0.15) is 0 Å². The molecule has 1 aromatic rings. The predicted octanol–water partition coefficient (Wildman–Crippen LogP) is 1.68. The van der Waals surface area contributed by atoms with E-state index in [1.54, 1.807) is 13.2 Å². The maximum Gasteiger partial charge on any atom is 0.342 e. The molecule has 0 saturated heterocycles. The third-order valence-electron chi connectivity index (χ3n) is 2.62. The number of carbonyl (C=O) groups is 1. The molecule has 0 amide bonds. The number of ether oxygens (including phenoxy) is 3. The molecule has 0 aromatic heterocycles. The van der Waals surface area contributed by atoms with Crippen LogP contribution in [-0.4, -0.2) is 20.2 Å². The van der Waals surface area contributed by atoms with Gasteiger partial charge in [-0.15, -0.1) is 0 Å². The lowest BCUT2D eigenvalue weighted by Crippen LogP contribution is -2.01. The number of cyclic esters (lactones) is 1. The first-order chi connectivity index (χ1) is 7.19. The molecular formula is C11H12O4. The van der Waals surface area contributed by atoms with E-state index >= 15 is 0 Å². The van der Waals surface area contributed by atoms with E-state index in [1.165, 1.54) is 7.11 Å². The molecule has 1 aliphatic rings. The highest BCUT2D eigenvalue weighted by Crippen LogP contribution is 2.37. The Balaban J connectivity index is 2.69. The summed E-state index contributed by atoms with van der Waals surface area (Å²) in [5.41, 5.74) is 2.31. The number of methoxy groups -OCH3 is 2. The van der Waals surface area contributed by atoms with E-state index in [2.05, 4.69) is 0 Å². The summed E-state index contributed by atoms with van der Waals surface area (Å²) >= 11 is 0. The molecule has 0 radical (unpaired) electrons. The van der Waals surface area contributed by atoms with Crippen molar-refractivity contribution >= 4 is 5.97 Å². The van der Waals surface area contributed by atoms with Crippen LogP contribution in [0.3, 0.4) is 0 Å². The van der Waals surface area contributed by atoms with Crippen molar-refractivity contribution < 1.29 is 19.0 Å². The van der Waals surface area contributed by atoms with Crippen molar-refractivity contribution in [3.05, 3.63) is 22.8 Å². The number of hydrogen-bond donors (Lipinski definition) is 0. The zero-order valence-electron chi connectivity index (χ0n) is 8.92. The molecule has 0 N–H and O–H groups in total. The predicted molar refractivity (Wildman–Crippen MR) is 53.4 cm³/mol. The smallest absolute Gasteiger partial charge is 0.342 e. The van der Waals surface area contributed by atoms with Crippen molar-refractivity contribution in [1.82, 2.24) is 0 Å². The minimum absolute atomic E-state index is 0.299. The van der Waals surface area contributed by atoms with Crippen LogP contribution >= 0.6 is 0 Å². The molecule has 4 heteroatoms. The van der Waals surface area contributed by atoms with Gasteiger partial charge in [0.05, 0.1) is 14.2 Å². The van der Waals surface area contributed by atoms with Crippen molar-refractivity contribution in [2.75, 3.05) is 14.2 Å². The molecule has 15 heavy (non-hydrogen) atoms. The van der Waals surface area contributed by atoms with E-state index < -0.39 is 0 Å². The van der Waals surface area contributed by atoms with Crippen molar-refractivity contribution in [1.29, 1.82) is 0 Å². The van der Waals surface area contributed by atoms with Gasteiger partial charge in [0.25, 0.3) is 0 Å². The van der Waals surface area contributed by atoms with Gasteiger partial charge in [-0.1, -0.05) is 0 Å². The molecule has 0 saturated carbocycles. The summed E-state index contributed by atoms with van der Waals surface area (Å²) in [5, 5.41) is 0. The largest absolute Gasteiger partial charge is 0.496 e. The molecule has 1 aromatic carbocycles. The first-order valence-corrected chi connectivity index (χ1v) is 4.60. The van der Waals surface area contributed by atoms with Gasteiger partial charge in [-0.25, -0.2) is 4.79 Å². The Kier molecular flexibility index (Phi) is 2.26. The first kappa shape index (κ1) is 9.83. The maximum absolute atomic E-state index is 11.5. The van der Waals surface area contributed by atoms with Gasteiger partial charge < -0.3 is 14.2 Å². The van der Waals surface area contributed by atoms with Gasteiger partial charge in [0.2, 0.25) is 0 Å². The van der Waals surface area contributed by atoms with E-state index in [9.17, 15) is 4.79 Å².